The molecular formula is C12H26O3Si. The van der Waals surface area contributed by atoms with Crippen molar-refractivity contribution in [1.82, 2.24) is 0 Å². The third kappa shape index (κ3) is 6.43. The van der Waals surface area contributed by atoms with Gasteiger partial charge in [-0.15, -0.1) is 6.58 Å². The molecule has 0 aliphatic heterocycles. The third-order valence-electron chi connectivity index (χ3n) is 2.21. The molecule has 0 aliphatic carbocycles. The maximum absolute atomic E-state index is 5.88. The van der Waals surface area contributed by atoms with Crippen LogP contribution in [0, 0.1) is 0 Å². The number of unbranched alkanes of at least 4 members (excludes halogenated alkanes) is 1. The van der Waals surface area contributed by atoms with E-state index in [1.54, 1.807) is 0 Å². The van der Waals surface area contributed by atoms with Gasteiger partial charge < -0.3 is 13.3 Å². The summed E-state index contributed by atoms with van der Waals surface area (Å²) in [6.07, 6.45) is 4.94. The number of hydrogen-bond acceptors (Lipinski definition) is 3. The van der Waals surface area contributed by atoms with Crippen molar-refractivity contribution in [3.8, 4) is 0 Å². The topological polar surface area (TPSA) is 27.7 Å². The van der Waals surface area contributed by atoms with E-state index in [1.165, 1.54) is 0 Å². The lowest BCUT2D eigenvalue weighted by Crippen LogP contribution is -2.46. The first-order valence-corrected chi connectivity index (χ1v) is 8.20. The smallest absolute Gasteiger partial charge is 0.374 e. The van der Waals surface area contributed by atoms with Gasteiger partial charge in [0.1, 0.15) is 0 Å². The maximum atomic E-state index is 5.88. The molecule has 0 fully saturated rings. The zero-order valence-electron chi connectivity index (χ0n) is 11.0. The molecule has 0 aliphatic rings. The van der Waals surface area contributed by atoms with Gasteiger partial charge in [0.25, 0.3) is 0 Å². The molecule has 4 heteroatoms. The molecule has 0 aromatic rings. The van der Waals surface area contributed by atoms with Gasteiger partial charge in [-0.1, -0.05) is 19.4 Å². The Kier molecular flexibility index (Phi) is 9.92. The highest BCUT2D eigenvalue weighted by Crippen LogP contribution is 2.19. The largest absolute Gasteiger partial charge is 0.500 e. The fourth-order valence-corrected chi connectivity index (χ4v) is 4.25. The van der Waals surface area contributed by atoms with Gasteiger partial charge in [0, 0.05) is 25.9 Å². The molecule has 0 saturated heterocycles. The zero-order valence-corrected chi connectivity index (χ0v) is 12.0. The SMILES string of the molecule is C=CCCO[Si](CCCC)(OCC)OCC. The monoisotopic (exact) mass is 246 g/mol. The summed E-state index contributed by atoms with van der Waals surface area (Å²) in [5.74, 6) is 0. The predicted molar refractivity (Wildman–Crippen MR) is 69.5 cm³/mol. The van der Waals surface area contributed by atoms with Crippen molar-refractivity contribution in [2.24, 2.45) is 0 Å². The molecule has 0 bridgehead atoms. The summed E-state index contributed by atoms with van der Waals surface area (Å²) in [5.41, 5.74) is 0. The minimum absolute atomic E-state index is 0.652. The molecule has 0 aromatic heterocycles. The van der Waals surface area contributed by atoms with Crippen LogP contribution < -0.4 is 0 Å². The van der Waals surface area contributed by atoms with E-state index in [2.05, 4.69) is 13.5 Å². The normalized spacial score (nSPS) is 11.7. The van der Waals surface area contributed by atoms with Crippen LogP contribution in [0.4, 0.5) is 0 Å². The molecule has 0 N–H and O–H groups in total. The molecule has 0 amide bonds. The molecule has 0 spiro atoms. The standard InChI is InChI=1S/C12H26O3Si/c1-5-9-11-15-16(13-7-3,14-8-4)12-10-6-2/h5H,1,6-12H2,2-4H3. The quantitative estimate of drug-likeness (QED) is 0.318. The third-order valence-corrected chi connectivity index (χ3v) is 5.28. The van der Waals surface area contributed by atoms with E-state index in [9.17, 15) is 0 Å². The Bertz CT molecular complexity index is 168. The van der Waals surface area contributed by atoms with Crippen molar-refractivity contribution in [3.63, 3.8) is 0 Å². The summed E-state index contributed by atoms with van der Waals surface area (Å²) in [5, 5.41) is 0. The zero-order chi connectivity index (χ0) is 12.3. The van der Waals surface area contributed by atoms with E-state index in [4.69, 9.17) is 13.3 Å². The average Bonchev–Trinajstić information content (AvgIpc) is 2.27. The van der Waals surface area contributed by atoms with Crippen LogP contribution in [-0.4, -0.2) is 28.6 Å². The van der Waals surface area contributed by atoms with Crippen LogP contribution in [0.25, 0.3) is 0 Å². The van der Waals surface area contributed by atoms with Crippen molar-refractivity contribution < 1.29 is 13.3 Å². The molecule has 0 radical (unpaired) electrons. The lowest BCUT2D eigenvalue weighted by Gasteiger charge is -2.28. The summed E-state index contributed by atoms with van der Waals surface area (Å²) in [4.78, 5) is 0. The molecule has 0 atom stereocenters. The van der Waals surface area contributed by atoms with Crippen molar-refractivity contribution in [2.75, 3.05) is 19.8 Å². The molecule has 96 valence electrons. The van der Waals surface area contributed by atoms with Crippen LogP contribution in [0.2, 0.25) is 6.04 Å². The molecule has 3 nitrogen and oxygen atoms in total. The number of rotatable bonds is 11. The van der Waals surface area contributed by atoms with E-state index >= 15 is 0 Å². The Morgan fingerprint density at radius 2 is 1.69 bits per heavy atom. The molecule has 0 saturated carbocycles. The van der Waals surface area contributed by atoms with Crippen LogP contribution in [0.1, 0.15) is 40.0 Å². The van der Waals surface area contributed by atoms with Crippen LogP contribution >= 0.6 is 0 Å². The highest BCUT2D eigenvalue weighted by atomic mass is 28.4. The van der Waals surface area contributed by atoms with Gasteiger partial charge in [0.2, 0.25) is 0 Å². The summed E-state index contributed by atoms with van der Waals surface area (Å²) in [6.45, 7) is 11.8. The van der Waals surface area contributed by atoms with Crippen LogP contribution in [0.15, 0.2) is 12.7 Å². The van der Waals surface area contributed by atoms with Crippen LogP contribution in [0.5, 0.6) is 0 Å². The van der Waals surface area contributed by atoms with Gasteiger partial charge in [-0.2, -0.15) is 0 Å². The Morgan fingerprint density at radius 3 is 2.12 bits per heavy atom. The summed E-state index contributed by atoms with van der Waals surface area (Å²) >= 11 is 0. The van der Waals surface area contributed by atoms with Gasteiger partial charge in [0.05, 0.1) is 0 Å². The van der Waals surface area contributed by atoms with Gasteiger partial charge in [-0.25, -0.2) is 0 Å². The predicted octanol–water partition coefficient (Wildman–Crippen LogP) is 3.39. The molecule has 0 heterocycles. The fourth-order valence-electron chi connectivity index (χ4n) is 1.47. The highest BCUT2D eigenvalue weighted by molar-refractivity contribution is 6.60. The summed E-state index contributed by atoms with van der Waals surface area (Å²) < 4.78 is 17.4. The van der Waals surface area contributed by atoms with Gasteiger partial charge in [0.15, 0.2) is 0 Å². The highest BCUT2D eigenvalue weighted by Gasteiger charge is 2.39. The van der Waals surface area contributed by atoms with Crippen molar-refractivity contribution in [2.45, 2.75) is 46.1 Å². The van der Waals surface area contributed by atoms with E-state index in [0.717, 1.165) is 25.3 Å². The molecule has 16 heavy (non-hydrogen) atoms. The maximum Gasteiger partial charge on any atom is 0.500 e. The van der Waals surface area contributed by atoms with Crippen molar-refractivity contribution in [3.05, 3.63) is 12.7 Å². The van der Waals surface area contributed by atoms with E-state index in [0.29, 0.717) is 19.8 Å². The first kappa shape index (κ1) is 15.8. The fraction of sp³-hybridized carbons (Fsp3) is 0.833. The first-order chi connectivity index (χ1) is 7.74. The lowest BCUT2D eigenvalue weighted by molar-refractivity contribution is 0.0679. The van der Waals surface area contributed by atoms with Gasteiger partial charge in [-0.3, -0.25) is 0 Å². The minimum Gasteiger partial charge on any atom is -0.374 e. The summed E-state index contributed by atoms with van der Waals surface area (Å²) in [7, 11) is -2.40. The Balaban J connectivity index is 4.30. The van der Waals surface area contributed by atoms with Crippen molar-refractivity contribution >= 4 is 8.80 Å². The second kappa shape index (κ2) is 10.0. The number of hydrogen-bond donors (Lipinski definition) is 0. The second-order valence-electron chi connectivity index (χ2n) is 3.58. The van der Waals surface area contributed by atoms with Gasteiger partial charge in [-0.05, 0) is 26.7 Å². The lowest BCUT2D eigenvalue weighted by atomic mass is 10.4. The minimum atomic E-state index is -2.40. The Hall–Kier alpha value is -0.163. The Labute approximate surface area is 101 Å². The first-order valence-electron chi connectivity index (χ1n) is 6.27. The molecule has 0 rings (SSSR count). The van der Waals surface area contributed by atoms with E-state index in [1.807, 2.05) is 19.9 Å². The van der Waals surface area contributed by atoms with Crippen molar-refractivity contribution in [1.29, 1.82) is 0 Å². The van der Waals surface area contributed by atoms with Gasteiger partial charge >= 0.3 is 8.80 Å². The Morgan fingerprint density at radius 1 is 1.06 bits per heavy atom. The van der Waals surface area contributed by atoms with E-state index in [-0.39, 0.29) is 0 Å². The molecular weight excluding hydrogens is 220 g/mol. The van der Waals surface area contributed by atoms with E-state index < -0.39 is 8.80 Å². The van der Waals surface area contributed by atoms with Crippen LogP contribution in [0.3, 0.4) is 0 Å². The summed E-state index contributed by atoms with van der Waals surface area (Å²) in [6, 6.07) is 0.919. The van der Waals surface area contributed by atoms with Crippen LogP contribution in [-0.2, 0) is 13.3 Å². The molecule has 0 aromatic carbocycles. The average molecular weight is 246 g/mol. The molecule has 0 unspecified atom stereocenters. The second-order valence-corrected chi connectivity index (χ2v) is 6.31.